The van der Waals surface area contributed by atoms with Crippen molar-refractivity contribution in [2.75, 3.05) is 13.1 Å². The topological polar surface area (TPSA) is 28.2 Å². The predicted molar refractivity (Wildman–Crippen MR) is 104 cm³/mol. The van der Waals surface area contributed by atoms with Crippen molar-refractivity contribution in [1.82, 2.24) is 15.2 Å². The quantitative estimate of drug-likeness (QED) is 0.800. The minimum absolute atomic E-state index is 0.226. The Balaban J connectivity index is 1.67. The van der Waals surface area contributed by atoms with E-state index in [9.17, 15) is 0 Å². The summed E-state index contributed by atoms with van der Waals surface area (Å²) >= 11 is 0. The van der Waals surface area contributed by atoms with Crippen molar-refractivity contribution in [2.45, 2.75) is 58.2 Å². The molecule has 0 saturated carbocycles. The van der Waals surface area contributed by atoms with Crippen molar-refractivity contribution in [3.8, 4) is 0 Å². The van der Waals surface area contributed by atoms with E-state index in [-0.39, 0.29) is 6.04 Å². The molecule has 0 spiro atoms. The Morgan fingerprint density at radius 3 is 2.20 bits per heavy atom. The second-order valence-corrected chi connectivity index (χ2v) is 7.28. The fourth-order valence-electron chi connectivity index (χ4n) is 3.73. The van der Waals surface area contributed by atoms with Gasteiger partial charge in [-0.2, -0.15) is 0 Å². The van der Waals surface area contributed by atoms with Gasteiger partial charge in [-0.05, 0) is 64.4 Å². The third-order valence-corrected chi connectivity index (χ3v) is 5.40. The van der Waals surface area contributed by atoms with Crippen LogP contribution >= 0.6 is 0 Å². The summed E-state index contributed by atoms with van der Waals surface area (Å²) in [5, 5.41) is 3.68. The number of nitrogens with zero attached hydrogens (tertiary/aromatic N) is 2. The van der Waals surface area contributed by atoms with Crippen LogP contribution in [0.2, 0.25) is 0 Å². The second kappa shape index (κ2) is 8.59. The molecule has 2 heterocycles. The van der Waals surface area contributed by atoms with Gasteiger partial charge in [-0.25, -0.2) is 0 Å². The Morgan fingerprint density at radius 1 is 0.800 bits per heavy atom. The van der Waals surface area contributed by atoms with Crippen LogP contribution in [0.15, 0.2) is 48.5 Å². The zero-order valence-electron chi connectivity index (χ0n) is 15.8. The highest BCUT2D eigenvalue weighted by atomic mass is 15.2. The van der Waals surface area contributed by atoms with E-state index in [1.54, 1.807) is 0 Å². The number of piperidine rings is 1. The smallest absolute Gasteiger partial charge is 0.0576 e. The summed E-state index contributed by atoms with van der Waals surface area (Å²) in [5.41, 5.74) is 3.64. The Labute approximate surface area is 152 Å². The molecule has 0 radical (unpaired) electrons. The minimum Gasteiger partial charge on any atom is -0.302 e. The van der Waals surface area contributed by atoms with E-state index >= 15 is 0 Å². The molecule has 3 nitrogen and oxygen atoms in total. The van der Waals surface area contributed by atoms with Gasteiger partial charge in [0.05, 0.1) is 11.4 Å². The van der Waals surface area contributed by atoms with Crippen molar-refractivity contribution in [3.05, 3.63) is 65.5 Å². The second-order valence-electron chi connectivity index (χ2n) is 7.28. The molecule has 2 aromatic rings. The van der Waals surface area contributed by atoms with Crippen LogP contribution in [0, 0.1) is 0 Å². The van der Waals surface area contributed by atoms with Gasteiger partial charge in [0.1, 0.15) is 0 Å². The largest absolute Gasteiger partial charge is 0.302 e. The van der Waals surface area contributed by atoms with Crippen LogP contribution in [0.4, 0.5) is 0 Å². The van der Waals surface area contributed by atoms with Crippen LogP contribution in [0.1, 0.15) is 75.1 Å². The van der Waals surface area contributed by atoms with E-state index in [1.165, 1.54) is 43.6 Å². The monoisotopic (exact) mass is 337 g/mol. The van der Waals surface area contributed by atoms with Crippen LogP contribution in [-0.2, 0) is 0 Å². The zero-order chi connectivity index (χ0) is 17.6. The molecule has 0 amide bonds. The Bertz CT molecular complexity index is 649. The number of benzene rings is 1. The summed E-state index contributed by atoms with van der Waals surface area (Å²) in [6.45, 7) is 9.11. The van der Waals surface area contributed by atoms with Crippen LogP contribution in [0.5, 0.6) is 0 Å². The SMILES string of the molecule is C[C@H](N[C@H](C)c1cccc([C@@H](C)N2CCCCC2)n1)c1ccccc1. The van der Waals surface area contributed by atoms with Gasteiger partial charge in [-0.15, -0.1) is 0 Å². The van der Waals surface area contributed by atoms with Crippen LogP contribution in [0.3, 0.4) is 0 Å². The fourth-order valence-corrected chi connectivity index (χ4v) is 3.73. The molecule has 1 aromatic carbocycles. The summed E-state index contributed by atoms with van der Waals surface area (Å²) in [5.74, 6) is 0. The molecule has 0 unspecified atom stereocenters. The first-order valence-electron chi connectivity index (χ1n) is 9.67. The predicted octanol–water partition coefficient (Wildman–Crippen LogP) is 5.04. The number of hydrogen-bond donors (Lipinski definition) is 1. The minimum atomic E-state index is 0.226. The number of nitrogens with one attached hydrogen (secondary N) is 1. The molecule has 25 heavy (non-hydrogen) atoms. The lowest BCUT2D eigenvalue weighted by atomic mass is 10.0. The van der Waals surface area contributed by atoms with Gasteiger partial charge in [-0.1, -0.05) is 42.8 Å². The molecule has 1 N–H and O–H groups in total. The van der Waals surface area contributed by atoms with E-state index in [2.05, 4.69) is 79.5 Å². The Hall–Kier alpha value is -1.71. The first-order chi connectivity index (χ1) is 12.1. The first kappa shape index (κ1) is 18.1. The summed E-state index contributed by atoms with van der Waals surface area (Å²) in [6, 6.07) is 18.0. The number of pyridine rings is 1. The molecule has 1 aliphatic heterocycles. The van der Waals surface area contributed by atoms with E-state index in [0.717, 1.165) is 5.69 Å². The van der Waals surface area contributed by atoms with Gasteiger partial charge in [0.2, 0.25) is 0 Å². The fraction of sp³-hybridized carbons (Fsp3) is 0.500. The molecule has 1 fully saturated rings. The van der Waals surface area contributed by atoms with E-state index < -0.39 is 0 Å². The average molecular weight is 338 g/mol. The van der Waals surface area contributed by atoms with Gasteiger partial charge >= 0.3 is 0 Å². The van der Waals surface area contributed by atoms with Crippen molar-refractivity contribution >= 4 is 0 Å². The molecule has 1 saturated heterocycles. The number of hydrogen-bond acceptors (Lipinski definition) is 3. The molecule has 3 atom stereocenters. The molecule has 3 heteroatoms. The maximum absolute atomic E-state index is 4.99. The first-order valence-corrected chi connectivity index (χ1v) is 9.67. The standard InChI is InChI=1S/C22H31N3/c1-17(20-11-6-4-7-12-20)23-18(2)21-13-10-14-22(24-21)19(3)25-15-8-5-9-16-25/h4,6-7,10-14,17-19,23H,5,8-9,15-16H2,1-3H3/t17-,18+,19+/m0/s1. The normalized spacial score (nSPS) is 19.3. The highest BCUT2D eigenvalue weighted by molar-refractivity contribution is 5.20. The molecule has 1 aromatic heterocycles. The maximum Gasteiger partial charge on any atom is 0.0576 e. The van der Waals surface area contributed by atoms with Crippen LogP contribution < -0.4 is 5.32 Å². The summed E-state index contributed by atoms with van der Waals surface area (Å²) in [6.07, 6.45) is 4.00. The van der Waals surface area contributed by atoms with Gasteiger partial charge in [0.25, 0.3) is 0 Å². The lowest BCUT2D eigenvalue weighted by Gasteiger charge is -2.32. The highest BCUT2D eigenvalue weighted by Gasteiger charge is 2.20. The van der Waals surface area contributed by atoms with Gasteiger partial charge in [0.15, 0.2) is 0 Å². The third kappa shape index (κ3) is 4.68. The van der Waals surface area contributed by atoms with Crippen molar-refractivity contribution in [3.63, 3.8) is 0 Å². The summed E-state index contributed by atoms with van der Waals surface area (Å²) < 4.78 is 0. The number of rotatable bonds is 6. The van der Waals surface area contributed by atoms with Crippen LogP contribution in [0.25, 0.3) is 0 Å². The molecular formula is C22H31N3. The van der Waals surface area contributed by atoms with Gasteiger partial charge in [0, 0.05) is 18.1 Å². The van der Waals surface area contributed by atoms with E-state index in [0.29, 0.717) is 12.1 Å². The van der Waals surface area contributed by atoms with Gasteiger partial charge in [-0.3, -0.25) is 9.88 Å². The lowest BCUT2D eigenvalue weighted by molar-refractivity contribution is 0.171. The van der Waals surface area contributed by atoms with Crippen molar-refractivity contribution in [2.24, 2.45) is 0 Å². The van der Waals surface area contributed by atoms with E-state index in [1.807, 2.05) is 0 Å². The highest BCUT2D eigenvalue weighted by Crippen LogP contribution is 2.24. The maximum atomic E-state index is 4.99. The Morgan fingerprint density at radius 2 is 1.48 bits per heavy atom. The lowest BCUT2D eigenvalue weighted by Crippen LogP contribution is -2.33. The summed E-state index contributed by atoms with van der Waals surface area (Å²) in [7, 11) is 0. The molecule has 134 valence electrons. The number of likely N-dealkylation sites (tertiary alicyclic amines) is 1. The van der Waals surface area contributed by atoms with Crippen LogP contribution in [-0.4, -0.2) is 23.0 Å². The average Bonchev–Trinajstić information content (AvgIpc) is 2.68. The van der Waals surface area contributed by atoms with E-state index in [4.69, 9.17) is 4.98 Å². The molecular weight excluding hydrogens is 306 g/mol. The van der Waals surface area contributed by atoms with Crippen molar-refractivity contribution < 1.29 is 0 Å². The molecule has 0 aliphatic carbocycles. The zero-order valence-corrected chi connectivity index (χ0v) is 15.8. The third-order valence-electron chi connectivity index (χ3n) is 5.40. The molecule has 0 bridgehead atoms. The molecule has 3 rings (SSSR count). The summed E-state index contributed by atoms with van der Waals surface area (Å²) in [4.78, 5) is 7.56. The van der Waals surface area contributed by atoms with Gasteiger partial charge < -0.3 is 5.32 Å². The number of aromatic nitrogens is 1. The van der Waals surface area contributed by atoms with Crippen molar-refractivity contribution in [1.29, 1.82) is 0 Å². The Kier molecular flexibility index (Phi) is 6.22. The molecule has 1 aliphatic rings.